The van der Waals surface area contributed by atoms with Crippen molar-refractivity contribution in [3.8, 4) is 23.0 Å². The van der Waals surface area contributed by atoms with E-state index in [1.807, 2.05) is 0 Å². The fourth-order valence-corrected chi connectivity index (χ4v) is 13.7. The second kappa shape index (κ2) is 35.8. The van der Waals surface area contributed by atoms with E-state index >= 15 is 0 Å². The highest BCUT2D eigenvalue weighted by atomic mass is 127. The van der Waals surface area contributed by atoms with Crippen LogP contribution in [0.15, 0.2) is 24.3 Å². The van der Waals surface area contributed by atoms with Gasteiger partial charge in [0.1, 0.15) is 23.0 Å². The highest BCUT2D eigenvalue weighted by molar-refractivity contribution is 14.1. The lowest BCUT2D eigenvalue weighted by atomic mass is 9.94. The maximum atomic E-state index is 7.61. The number of rotatable bonds is 42. The number of halogens is 2. The van der Waals surface area contributed by atoms with E-state index in [0.29, 0.717) is 25.0 Å². The molecule has 3 rings (SSSR count). The van der Waals surface area contributed by atoms with Gasteiger partial charge in [0.25, 0.3) is 16.6 Å². The summed E-state index contributed by atoms with van der Waals surface area (Å²) in [6.45, 7) is 34.5. The Morgan fingerprint density at radius 1 is 0.365 bits per heavy atom. The molecule has 0 amide bonds. The summed E-state index contributed by atoms with van der Waals surface area (Å²) in [6, 6.07) is 9.24. The molecule has 0 radical (unpaired) electrons. The van der Waals surface area contributed by atoms with Crippen LogP contribution in [0.1, 0.15) is 275 Å². The van der Waals surface area contributed by atoms with Crippen LogP contribution in [-0.2, 0) is 0 Å². The van der Waals surface area contributed by atoms with Crippen LogP contribution in [0.3, 0.4) is 0 Å². The van der Waals surface area contributed by atoms with Crippen LogP contribution in [0.25, 0.3) is 21.5 Å². The molecule has 0 N–H and O–H groups in total. The quantitative estimate of drug-likeness (QED) is 0.0245. The van der Waals surface area contributed by atoms with E-state index < -0.39 is 16.6 Å². The molecular weight excluding hydrogens is 1170 g/mol. The zero-order valence-corrected chi connectivity index (χ0v) is 57.2. The van der Waals surface area contributed by atoms with Gasteiger partial charge in [-0.2, -0.15) is 0 Å². The van der Waals surface area contributed by atoms with Crippen molar-refractivity contribution in [2.75, 3.05) is 13.2 Å². The Hall–Kier alpha value is -0.726. The standard InChI is InChI=1S/C66H116I2O4Si2/c1-15-19-23-27-31-33-37-41-45-53(43-39-35-29-25-21-17-3)51-69-61-55-47-49-58(68)64(72-74(13,14)66(8,9)10)60(55)62(56-48-50-57(67)63(59(56)61)71-73(11,12)65(5,6)7)70-52-54(44-40-36-30-26-22-18-4)46-42-38-34-32-28-24-20-16-2/h47-50,53-54H,15-46,51-52H2,1-14H3. The Morgan fingerprint density at radius 2 is 0.608 bits per heavy atom. The van der Waals surface area contributed by atoms with Gasteiger partial charge in [-0.05, 0) is 143 Å². The number of hydrogen-bond acceptors (Lipinski definition) is 4. The van der Waals surface area contributed by atoms with Crippen molar-refractivity contribution >= 4 is 83.4 Å². The van der Waals surface area contributed by atoms with Gasteiger partial charge in [-0.1, -0.05) is 249 Å². The molecule has 0 bridgehead atoms. The average Bonchev–Trinajstić information content (AvgIpc) is 3.34. The molecule has 0 aromatic heterocycles. The van der Waals surface area contributed by atoms with Crippen LogP contribution < -0.4 is 18.3 Å². The Labute approximate surface area is 488 Å². The number of benzene rings is 3. The van der Waals surface area contributed by atoms with Gasteiger partial charge in [-0.3, -0.25) is 0 Å². The molecule has 3 aromatic rings. The molecule has 4 nitrogen and oxygen atoms in total. The molecule has 2 atom stereocenters. The monoisotopic (exact) mass is 1280 g/mol. The van der Waals surface area contributed by atoms with Crippen molar-refractivity contribution in [2.45, 2.75) is 311 Å². The third kappa shape index (κ3) is 23.2. The smallest absolute Gasteiger partial charge is 0.250 e. The Balaban J connectivity index is 2.29. The van der Waals surface area contributed by atoms with Crippen LogP contribution in [0.2, 0.25) is 36.3 Å². The van der Waals surface area contributed by atoms with Crippen LogP contribution >= 0.6 is 45.2 Å². The lowest BCUT2D eigenvalue weighted by Gasteiger charge is -2.38. The van der Waals surface area contributed by atoms with Crippen molar-refractivity contribution in [3.05, 3.63) is 31.4 Å². The van der Waals surface area contributed by atoms with Gasteiger partial charge in [-0.25, -0.2) is 0 Å². The molecule has 0 saturated heterocycles. The number of ether oxygens (including phenoxy) is 2. The minimum Gasteiger partial charge on any atom is -0.542 e. The van der Waals surface area contributed by atoms with Crippen LogP contribution in [0.5, 0.6) is 23.0 Å². The summed E-state index contributed by atoms with van der Waals surface area (Å²) in [6.07, 6.45) is 42.4. The highest BCUT2D eigenvalue weighted by Gasteiger charge is 2.42. The summed E-state index contributed by atoms with van der Waals surface area (Å²) in [4.78, 5) is 0. The summed E-state index contributed by atoms with van der Waals surface area (Å²) < 4.78 is 32.6. The topological polar surface area (TPSA) is 36.9 Å². The molecule has 2 unspecified atom stereocenters. The molecule has 3 aromatic carbocycles. The van der Waals surface area contributed by atoms with Crippen molar-refractivity contribution < 1.29 is 18.3 Å². The van der Waals surface area contributed by atoms with Gasteiger partial charge in [-0.15, -0.1) is 0 Å². The summed E-state index contributed by atoms with van der Waals surface area (Å²) in [7, 11) is -4.61. The number of fused-ring (bicyclic) bond motifs is 2. The van der Waals surface area contributed by atoms with Gasteiger partial charge in [0.05, 0.1) is 31.1 Å². The van der Waals surface area contributed by atoms with Crippen LogP contribution in [0.4, 0.5) is 0 Å². The summed E-state index contributed by atoms with van der Waals surface area (Å²) in [5.74, 6) is 4.86. The zero-order valence-electron chi connectivity index (χ0n) is 50.9. The lowest BCUT2D eigenvalue weighted by molar-refractivity contribution is 0.225. The number of hydrogen-bond donors (Lipinski definition) is 0. The SMILES string of the molecule is CCCCCCCCCCC(CCCCCCCC)COc1c2ccc(I)c(O[Si](C)(C)C(C)(C)C)c2c(OCC(CCCCCCCC)CCCCCCCCCC)c2ccc(I)c(O[Si](C)(C)C(C)(C)C)c12. The van der Waals surface area contributed by atoms with Gasteiger partial charge in [0, 0.05) is 10.8 Å². The summed E-state index contributed by atoms with van der Waals surface area (Å²) in [5.41, 5.74) is 0. The highest BCUT2D eigenvalue weighted by Crippen LogP contribution is 2.54. The third-order valence-corrected chi connectivity index (χ3v) is 27.6. The van der Waals surface area contributed by atoms with Gasteiger partial charge in [0.2, 0.25) is 0 Å². The Morgan fingerprint density at radius 3 is 0.851 bits per heavy atom. The molecule has 0 aliphatic carbocycles. The second-order valence-corrected chi connectivity index (χ2v) is 37.7. The van der Waals surface area contributed by atoms with Crippen LogP contribution in [0, 0.1) is 19.0 Å². The van der Waals surface area contributed by atoms with E-state index in [-0.39, 0.29) is 10.1 Å². The van der Waals surface area contributed by atoms with E-state index in [0.717, 1.165) is 51.7 Å². The molecule has 0 spiro atoms. The Bertz CT molecular complexity index is 1840. The molecule has 0 saturated carbocycles. The van der Waals surface area contributed by atoms with Crippen molar-refractivity contribution in [3.63, 3.8) is 0 Å². The first-order valence-electron chi connectivity index (χ1n) is 31.3. The molecular formula is C66H116I2O4Si2. The molecule has 0 fully saturated rings. The predicted octanol–water partition coefficient (Wildman–Crippen LogP) is 24.5. The van der Waals surface area contributed by atoms with E-state index in [4.69, 9.17) is 18.3 Å². The first-order valence-corrected chi connectivity index (χ1v) is 39.3. The van der Waals surface area contributed by atoms with E-state index in [1.165, 1.54) is 205 Å². The first-order chi connectivity index (χ1) is 35.2. The lowest BCUT2D eigenvalue weighted by Crippen LogP contribution is -2.44. The van der Waals surface area contributed by atoms with E-state index in [2.05, 4.69) is 165 Å². The van der Waals surface area contributed by atoms with Crippen LogP contribution in [-0.4, -0.2) is 29.8 Å². The fourth-order valence-electron chi connectivity index (χ4n) is 10.1. The minimum atomic E-state index is -2.30. The fraction of sp³-hybridized carbons (Fsp3) is 0.788. The van der Waals surface area contributed by atoms with Crippen molar-refractivity contribution in [1.29, 1.82) is 0 Å². The largest absolute Gasteiger partial charge is 0.542 e. The van der Waals surface area contributed by atoms with E-state index in [9.17, 15) is 0 Å². The number of unbranched alkanes of at least 4 members (excludes halogenated alkanes) is 24. The summed E-state index contributed by atoms with van der Waals surface area (Å²) in [5, 5.41) is 4.42. The molecule has 0 aliphatic rings. The average molecular weight is 1280 g/mol. The van der Waals surface area contributed by atoms with Crippen molar-refractivity contribution in [1.82, 2.24) is 0 Å². The molecule has 74 heavy (non-hydrogen) atoms. The molecule has 426 valence electrons. The van der Waals surface area contributed by atoms with Gasteiger partial charge >= 0.3 is 0 Å². The maximum absolute atomic E-state index is 7.61. The zero-order chi connectivity index (χ0) is 54.6. The third-order valence-electron chi connectivity index (χ3n) is 17.3. The van der Waals surface area contributed by atoms with E-state index in [1.54, 1.807) is 0 Å². The molecule has 8 heteroatoms. The minimum absolute atomic E-state index is 0.0211. The summed E-state index contributed by atoms with van der Waals surface area (Å²) >= 11 is 5.10. The normalized spacial score (nSPS) is 13.5. The Kier molecular flexibility index (Phi) is 32.7. The predicted molar refractivity (Wildman–Crippen MR) is 351 cm³/mol. The molecule has 0 aliphatic heterocycles. The van der Waals surface area contributed by atoms with Crippen molar-refractivity contribution in [2.24, 2.45) is 11.8 Å². The first kappa shape index (κ1) is 67.5. The van der Waals surface area contributed by atoms with Gasteiger partial charge in [0.15, 0.2) is 0 Å². The maximum Gasteiger partial charge on any atom is 0.250 e. The van der Waals surface area contributed by atoms with Gasteiger partial charge < -0.3 is 18.3 Å². The molecule has 0 heterocycles. The second-order valence-electron chi connectivity index (χ2n) is 26.0.